The molecule has 3 rings (SSSR count). The van der Waals surface area contributed by atoms with E-state index in [1.807, 2.05) is 20.8 Å². The third-order valence-corrected chi connectivity index (χ3v) is 5.10. The molecule has 1 fully saturated rings. The summed E-state index contributed by atoms with van der Waals surface area (Å²) >= 11 is 5.98. The van der Waals surface area contributed by atoms with Gasteiger partial charge in [0.2, 0.25) is 5.76 Å². The molecule has 0 aliphatic carbocycles. The Morgan fingerprint density at radius 2 is 2.08 bits per heavy atom. The SMILES string of the molecule is Cc1cc(Cl)ccc1C(=O)[C@@H]1CCCN(C(=O)c2cc(C(C)C)no2)C1. The van der Waals surface area contributed by atoms with E-state index in [4.69, 9.17) is 16.1 Å². The number of rotatable bonds is 4. The number of hydrogen-bond acceptors (Lipinski definition) is 4. The number of benzene rings is 1. The van der Waals surface area contributed by atoms with Crippen LogP contribution in [-0.2, 0) is 0 Å². The number of aromatic nitrogens is 1. The van der Waals surface area contributed by atoms with E-state index in [-0.39, 0.29) is 29.3 Å². The van der Waals surface area contributed by atoms with Crippen molar-refractivity contribution >= 4 is 23.3 Å². The lowest BCUT2D eigenvalue weighted by molar-refractivity contribution is 0.0602. The van der Waals surface area contributed by atoms with Crippen molar-refractivity contribution in [2.24, 2.45) is 5.92 Å². The van der Waals surface area contributed by atoms with Gasteiger partial charge in [-0.2, -0.15) is 0 Å². The van der Waals surface area contributed by atoms with Crippen LogP contribution in [-0.4, -0.2) is 34.8 Å². The van der Waals surface area contributed by atoms with Crippen LogP contribution in [0, 0.1) is 12.8 Å². The van der Waals surface area contributed by atoms with Gasteiger partial charge in [-0.25, -0.2) is 0 Å². The summed E-state index contributed by atoms with van der Waals surface area (Å²) in [5.74, 6) is 0.0974. The molecule has 1 aliphatic heterocycles. The number of carbonyl (C=O) groups excluding carboxylic acids is 2. The maximum atomic E-state index is 12.9. The number of halogens is 1. The molecule has 2 aromatic rings. The number of hydrogen-bond donors (Lipinski definition) is 0. The second-order valence-corrected chi connectivity index (χ2v) is 7.62. The fourth-order valence-electron chi connectivity index (χ4n) is 3.32. The molecule has 6 heteroatoms. The Kier molecular flexibility index (Phi) is 5.47. The average molecular weight is 375 g/mol. The Labute approximate surface area is 158 Å². The summed E-state index contributed by atoms with van der Waals surface area (Å²) in [7, 11) is 0. The minimum Gasteiger partial charge on any atom is -0.351 e. The fourth-order valence-corrected chi connectivity index (χ4v) is 3.54. The summed E-state index contributed by atoms with van der Waals surface area (Å²) in [5, 5.41) is 4.57. The topological polar surface area (TPSA) is 63.4 Å². The van der Waals surface area contributed by atoms with E-state index in [2.05, 4.69) is 5.16 Å². The van der Waals surface area contributed by atoms with E-state index in [1.165, 1.54) is 0 Å². The van der Waals surface area contributed by atoms with Crippen LogP contribution in [0.1, 0.15) is 64.8 Å². The molecule has 2 heterocycles. The van der Waals surface area contributed by atoms with Crippen LogP contribution in [0.25, 0.3) is 0 Å². The first-order chi connectivity index (χ1) is 12.4. The zero-order valence-corrected chi connectivity index (χ0v) is 16.0. The van der Waals surface area contributed by atoms with Crippen molar-refractivity contribution in [3.05, 3.63) is 51.9 Å². The first-order valence-corrected chi connectivity index (χ1v) is 9.31. The minimum absolute atomic E-state index is 0.0668. The summed E-state index contributed by atoms with van der Waals surface area (Å²) < 4.78 is 5.21. The molecule has 1 aliphatic rings. The molecule has 0 saturated carbocycles. The van der Waals surface area contributed by atoms with Crippen molar-refractivity contribution in [1.82, 2.24) is 10.1 Å². The van der Waals surface area contributed by atoms with Crippen LogP contribution in [0.2, 0.25) is 5.02 Å². The Bertz CT molecular complexity index is 828. The molecule has 0 N–H and O–H groups in total. The summed E-state index contributed by atoms with van der Waals surface area (Å²) in [5.41, 5.74) is 2.30. The molecule has 1 aromatic carbocycles. The molecule has 1 aromatic heterocycles. The van der Waals surface area contributed by atoms with Crippen molar-refractivity contribution in [3.8, 4) is 0 Å². The number of piperidine rings is 1. The van der Waals surface area contributed by atoms with Crippen molar-refractivity contribution in [2.75, 3.05) is 13.1 Å². The molecule has 0 radical (unpaired) electrons. The standard InChI is InChI=1S/C20H23ClN2O3/c1-12(2)17-10-18(26-22-17)20(25)23-8-4-5-14(11-23)19(24)16-7-6-15(21)9-13(16)3/h6-7,9-10,12,14H,4-5,8,11H2,1-3H3/t14-/m1/s1. The number of nitrogens with zero attached hydrogens (tertiary/aromatic N) is 2. The molecule has 0 bridgehead atoms. The number of amides is 1. The summed E-state index contributed by atoms with van der Waals surface area (Å²) in [6.45, 7) is 6.90. The fraction of sp³-hybridized carbons (Fsp3) is 0.450. The maximum Gasteiger partial charge on any atom is 0.292 e. The highest BCUT2D eigenvalue weighted by Crippen LogP contribution is 2.25. The summed E-state index contributed by atoms with van der Waals surface area (Å²) in [6, 6.07) is 6.99. The van der Waals surface area contributed by atoms with Crippen molar-refractivity contribution < 1.29 is 14.1 Å². The van der Waals surface area contributed by atoms with Gasteiger partial charge in [0.25, 0.3) is 5.91 Å². The van der Waals surface area contributed by atoms with Crippen molar-refractivity contribution in [1.29, 1.82) is 0 Å². The van der Waals surface area contributed by atoms with E-state index in [1.54, 1.807) is 29.2 Å². The highest BCUT2D eigenvalue weighted by molar-refractivity contribution is 6.30. The first-order valence-electron chi connectivity index (χ1n) is 8.93. The third-order valence-electron chi connectivity index (χ3n) is 4.86. The molecular weight excluding hydrogens is 352 g/mol. The third kappa shape index (κ3) is 3.83. The number of Topliss-reactive ketones (excluding diaryl/α,β-unsaturated/α-hetero) is 1. The van der Waals surface area contributed by atoms with E-state index in [0.717, 1.165) is 24.1 Å². The van der Waals surface area contributed by atoms with Gasteiger partial charge in [-0.05, 0) is 49.4 Å². The van der Waals surface area contributed by atoms with E-state index < -0.39 is 0 Å². The summed E-state index contributed by atoms with van der Waals surface area (Å²) in [4.78, 5) is 27.3. The second kappa shape index (κ2) is 7.62. The lowest BCUT2D eigenvalue weighted by atomic mass is 9.88. The van der Waals surface area contributed by atoms with Crippen molar-refractivity contribution in [3.63, 3.8) is 0 Å². The van der Waals surface area contributed by atoms with E-state index in [0.29, 0.717) is 23.7 Å². The highest BCUT2D eigenvalue weighted by atomic mass is 35.5. The van der Waals surface area contributed by atoms with Gasteiger partial charge in [0.15, 0.2) is 5.78 Å². The van der Waals surface area contributed by atoms with Gasteiger partial charge in [-0.15, -0.1) is 0 Å². The van der Waals surface area contributed by atoms with Crippen LogP contribution in [0.4, 0.5) is 0 Å². The summed E-state index contributed by atoms with van der Waals surface area (Å²) in [6.07, 6.45) is 1.57. The van der Waals surface area contributed by atoms with Gasteiger partial charge in [-0.3, -0.25) is 9.59 Å². The van der Waals surface area contributed by atoms with Gasteiger partial charge < -0.3 is 9.42 Å². The number of ketones is 1. The molecule has 1 saturated heterocycles. The molecule has 0 spiro atoms. The smallest absolute Gasteiger partial charge is 0.292 e. The average Bonchev–Trinajstić information content (AvgIpc) is 3.11. The normalized spacial score (nSPS) is 17.6. The first kappa shape index (κ1) is 18.6. The van der Waals surface area contributed by atoms with Crippen molar-refractivity contribution in [2.45, 2.75) is 39.5 Å². The highest BCUT2D eigenvalue weighted by Gasteiger charge is 2.31. The molecule has 138 valence electrons. The van der Waals surface area contributed by atoms with E-state index in [9.17, 15) is 9.59 Å². The Morgan fingerprint density at radius 3 is 2.73 bits per heavy atom. The molecule has 5 nitrogen and oxygen atoms in total. The van der Waals surface area contributed by atoms with Crippen LogP contribution in [0.15, 0.2) is 28.8 Å². The van der Waals surface area contributed by atoms with Crippen LogP contribution < -0.4 is 0 Å². The van der Waals surface area contributed by atoms with Crippen LogP contribution >= 0.6 is 11.6 Å². The van der Waals surface area contributed by atoms with E-state index >= 15 is 0 Å². The van der Waals surface area contributed by atoms with Crippen LogP contribution in [0.5, 0.6) is 0 Å². The predicted molar refractivity (Wildman–Crippen MR) is 99.7 cm³/mol. The van der Waals surface area contributed by atoms with Gasteiger partial charge in [0.1, 0.15) is 0 Å². The molecular formula is C20H23ClN2O3. The minimum atomic E-state index is -0.208. The molecule has 1 atom stereocenters. The molecule has 1 amide bonds. The lowest BCUT2D eigenvalue weighted by Gasteiger charge is -2.31. The zero-order chi connectivity index (χ0) is 18.8. The largest absolute Gasteiger partial charge is 0.351 e. The van der Waals surface area contributed by atoms with Crippen LogP contribution in [0.3, 0.4) is 0 Å². The number of carbonyl (C=O) groups is 2. The molecule has 0 unspecified atom stereocenters. The van der Waals surface area contributed by atoms with Gasteiger partial charge >= 0.3 is 0 Å². The zero-order valence-electron chi connectivity index (χ0n) is 15.3. The van der Waals surface area contributed by atoms with Gasteiger partial charge in [0, 0.05) is 35.7 Å². The number of aryl methyl sites for hydroxylation is 1. The Hall–Kier alpha value is -2.14. The van der Waals surface area contributed by atoms with Gasteiger partial charge in [0.05, 0.1) is 5.69 Å². The lowest BCUT2D eigenvalue weighted by Crippen LogP contribution is -2.42. The van der Waals surface area contributed by atoms with Gasteiger partial charge in [-0.1, -0.05) is 30.6 Å². The monoisotopic (exact) mass is 374 g/mol. The predicted octanol–water partition coefficient (Wildman–Crippen LogP) is 4.49. The second-order valence-electron chi connectivity index (χ2n) is 7.18. The number of likely N-dealkylation sites (tertiary alicyclic amines) is 1. The Balaban J connectivity index is 1.74. The maximum absolute atomic E-state index is 12.9. The quantitative estimate of drug-likeness (QED) is 0.739. The molecule has 26 heavy (non-hydrogen) atoms. The Morgan fingerprint density at radius 1 is 1.31 bits per heavy atom.